The van der Waals surface area contributed by atoms with Gasteiger partial charge in [0.2, 0.25) is 0 Å². The van der Waals surface area contributed by atoms with E-state index in [2.05, 4.69) is 0 Å². The molecule has 1 unspecified atom stereocenters. The van der Waals surface area contributed by atoms with Crippen LogP contribution in [0.2, 0.25) is 0 Å². The standard InChI is InChI=1S/C5H11N2O2S2.Co.H2O.O/c6-1-2-10-11-3-4(7)5(8)9;;;/h1,4H,2-3,6-7H2,(H,8,9);;1H2;/q-1;+1;;/p-1. The monoisotopic (exact) mass is 287 g/mol. The Bertz CT molecular complexity index is 163. The van der Waals surface area contributed by atoms with Crippen molar-refractivity contribution in [3.05, 3.63) is 6.54 Å². The van der Waals surface area contributed by atoms with Crippen LogP contribution in [0.25, 0.3) is 0 Å². The molecule has 0 radical (unpaired) electrons. The van der Waals surface area contributed by atoms with Crippen LogP contribution in [0.15, 0.2) is 0 Å². The number of hydrogen-bond donors (Lipinski definition) is 4. The Morgan fingerprint density at radius 2 is 2.07 bits per heavy atom. The summed E-state index contributed by atoms with van der Waals surface area (Å²) in [6.45, 7) is 1.52. The Kier molecular flexibility index (Phi) is 16.0. The normalized spacial score (nSPS) is 11.6. The first-order valence-electron chi connectivity index (χ1n) is 3.23. The molecule has 0 spiro atoms. The van der Waals surface area contributed by atoms with Gasteiger partial charge >= 0.3 is 29.0 Å². The molecule has 0 aromatic carbocycles. The average molecular weight is 287 g/mol. The molecule has 0 saturated heterocycles. The quantitative estimate of drug-likeness (QED) is 0.285. The zero-order chi connectivity index (χ0) is 11.4. The van der Waals surface area contributed by atoms with Crippen LogP contribution in [0.3, 0.4) is 0 Å². The van der Waals surface area contributed by atoms with E-state index in [0.29, 0.717) is 11.5 Å². The third-order valence-corrected chi connectivity index (χ3v) is 3.12. The first kappa shape index (κ1) is 16.8. The van der Waals surface area contributed by atoms with E-state index in [1.807, 2.05) is 0 Å². The third kappa shape index (κ3) is 14.9. The molecule has 14 heavy (non-hydrogen) atoms. The third-order valence-electron chi connectivity index (χ3n) is 0.812. The van der Waals surface area contributed by atoms with Crippen molar-refractivity contribution in [2.75, 3.05) is 11.5 Å². The molecule has 9 heteroatoms. The van der Waals surface area contributed by atoms with Crippen LogP contribution in [0.1, 0.15) is 0 Å². The second-order valence-corrected chi connectivity index (χ2v) is 4.55. The van der Waals surface area contributed by atoms with E-state index < -0.39 is 27.0 Å². The molecule has 0 aliphatic carbocycles. The van der Waals surface area contributed by atoms with Crippen molar-refractivity contribution < 1.29 is 32.9 Å². The van der Waals surface area contributed by atoms with Gasteiger partial charge in [0.1, 0.15) is 6.04 Å². The maximum atomic E-state index is 10.2. The van der Waals surface area contributed by atoms with E-state index in [0.717, 1.165) is 0 Å². The predicted octanol–water partition coefficient (Wildman–Crippen LogP) is -0.778. The summed E-state index contributed by atoms with van der Waals surface area (Å²) in [7, 11) is 2.91. The van der Waals surface area contributed by atoms with Crippen LogP contribution in [0.4, 0.5) is 0 Å². The van der Waals surface area contributed by atoms with Crippen LogP contribution in [-0.4, -0.2) is 32.8 Å². The first-order valence-corrected chi connectivity index (χ1v) is 6.61. The van der Waals surface area contributed by atoms with Crippen molar-refractivity contribution >= 4 is 27.6 Å². The number of nitrogens with two attached hydrogens (primary N) is 2. The maximum absolute atomic E-state index is 10.2. The second kappa shape index (κ2) is 13.4. The van der Waals surface area contributed by atoms with Crippen molar-refractivity contribution in [1.82, 2.24) is 0 Å². The van der Waals surface area contributed by atoms with Gasteiger partial charge in [-0.05, 0) is 0 Å². The molecule has 0 saturated carbocycles. The fraction of sp³-hybridized carbons (Fsp3) is 0.600. The molecule has 6 nitrogen and oxygen atoms in total. The molecule has 0 bridgehead atoms. The molecule has 0 heterocycles. The minimum atomic E-state index is -0.963. The Balaban J connectivity index is 0. The second-order valence-electron chi connectivity index (χ2n) is 1.81. The van der Waals surface area contributed by atoms with E-state index in [1.165, 1.54) is 28.1 Å². The van der Waals surface area contributed by atoms with Gasteiger partial charge in [-0.25, -0.2) is 0 Å². The summed E-state index contributed by atoms with van der Waals surface area (Å²) in [6.07, 6.45) is 0. The van der Waals surface area contributed by atoms with Gasteiger partial charge in [-0.15, -0.1) is 16.5 Å². The number of aliphatic carboxylic acids is 1. The van der Waals surface area contributed by atoms with Gasteiger partial charge in [0, 0.05) is 5.75 Å². The molecule has 0 aliphatic heterocycles. The van der Waals surface area contributed by atoms with Crippen molar-refractivity contribution in [1.29, 1.82) is 0 Å². The van der Waals surface area contributed by atoms with Gasteiger partial charge in [-0.1, -0.05) is 10.8 Å². The summed E-state index contributed by atoms with van der Waals surface area (Å²) >= 11 is -0.812. The molecule has 0 fully saturated rings. The Hall–Kier alpha value is 0.356. The van der Waals surface area contributed by atoms with Gasteiger partial charge in [-0.2, -0.15) is 0 Å². The number of carbonyl (C=O) groups is 1. The number of carboxylic acids is 1. The summed E-state index contributed by atoms with van der Waals surface area (Å²) in [5.41, 5.74) is 10.3. The molecule has 0 rings (SSSR count). The van der Waals surface area contributed by atoms with Crippen LogP contribution in [0, 0.1) is 6.54 Å². The predicted molar refractivity (Wildman–Crippen MR) is 51.9 cm³/mol. The number of carboxylic acid groups (broad SMARTS) is 1. The molecule has 1 atom stereocenters. The summed E-state index contributed by atoms with van der Waals surface area (Å²) in [4.78, 5) is 10.2. The molecule has 0 aromatic heterocycles. The first-order chi connectivity index (χ1) is 6.59. The van der Waals surface area contributed by atoms with Crippen molar-refractivity contribution in [3.63, 3.8) is 0 Å². The summed E-state index contributed by atoms with van der Waals surface area (Å²) < 4.78 is 15.4. The molecule has 0 amide bonds. The minimum absolute atomic E-state index is 0.411. The Morgan fingerprint density at radius 3 is 2.43 bits per heavy atom. The molecular weight excluding hydrogens is 275 g/mol. The fourth-order valence-electron chi connectivity index (χ4n) is 0.280. The van der Waals surface area contributed by atoms with Gasteiger partial charge in [0.25, 0.3) is 0 Å². The zero-order valence-electron chi connectivity index (χ0n) is 7.08. The van der Waals surface area contributed by atoms with E-state index in [1.54, 1.807) is 0 Å². The van der Waals surface area contributed by atoms with Gasteiger partial charge in [0.05, 0.1) is 0 Å². The van der Waals surface area contributed by atoms with Gasteiger partial charge in [0.15, 0.2) is 0 Å². The van der Waals surface area contributed by atoms with E-state index >= 15 is 0 Å². The number of rotatable bonds is 6. The van der Waals surface area contributed by atoms with Gasteiger partial charge < -0.3 is 16.6 Å². The Labute approximate surface area is 96.1 Å². The topological polar surface area (TPSA) is 127 Å². The van der Waals surface area contributed by atoms with E-state index in [4.69, 9.17) is 24.7 Å². The van der Waals surface area contributed by atoms with Crippen molar-refractivity contribution in [2.45, 2.75) is 6.04 Å². The summed E-state index contributed by atoms with van der Waals surface area (Å²) in [6, 6.07) is -0.773. The summed E-state index contributed by atoms with van der Waals surface area (Å²) in [5.74, 6) is 0.153. The molecule has 0 aromatic rings. The van der Waals surface area contributed by atoms with Crippen LogP contribution in [-0.2, 0) is 23.6 Å². The van der Waals surface area contributed by atoms with Gasteiger partial charge in [-0.3, -0.25) is 11.3 Å². The molecule has 0 aliphatic rings. The average Bonchev–Trinajstić information content (AvgIpc) is 2.13. The van der Waals surface area contributed by atoms with Crippen LogP contribution in [0.5, 0.6) is 0 Å². The summed E-state index contributed by atoms with van der Waals surface area (Å²) in [5, 5.41) is 8.36. The molecule has 88 valence electrons. The zero-order valence-corrected chi connectivity index (χ0v) is 9.76. The Morgan fingerprint density at radius 1 is 1.57 bits per heavy atom. The SMILES string of the molecule is N[CH-]CSSCC(N)C(=O)O.[O]=[Co][OH]. The molecular formula is C5H12CoN2O4S2-. The fourth-order valence-corrected chi connectivity index (χ4v) is 2.09. The number of hydrogen-bond acceptors (Lipinski definition) is 6. The van der Waals surface area contributed by atoms with Crippen molar-refractivity contribution in [2.24, 2.45) is 11.5 Å². The van der Waals surface area contributed by atoms with E-state index in [9.17, 15) is 4.79 Å². The van der Waals surface area contributed by atoms with Crippen molar-refractivity contribution in [3.8, 4) is 0 Å². The van der Waals surface area contributed by atoms with E-state index in [-0.39, 0.29) is 0 Å². The molecule has 6 N–H and O–H groups in total. The van der Waals surface area contributed by atoms with Crippen LogP contribution >= 0.6 is 21.6 Å². The van der Waals surface area contributed by atoms with Crippen LogP contribution < -0.4 is 11.5 Å².